The summed E-state index contributed by atoms with van der Waals surface area (Å²) in [6, 6.07) is 11.8. The lowest BCUT2D eigenvalue weighted by molar-refractivity contribution is 0.222. The quantitative estimate of drug-likeness (QED) is 0.799. The van der Waals surface area contributed by atoms with Crippen molar-refractivity contribution in [2.24, 2.45) is 0 Å². The van der Waals surface area contributed by atoms with E-state index >= 15 is 0 Å². The molecule has 0 radical (unpaired) electrons. The van der Waals surface area contributed by atoms with Crippen LogP contribution in [0.25, 0.3) is 0 Å². The van der Waals surface area contributed by atoms with Crippen molar-refractivity contribution in [3.8, 4) is 11.5 Å². The van der Waals surface area contributed by atoms with Crippen molar-refractivity contribution in [3.63, 3.8) is 0 Å². The summed E-state index contributed by atoms with van der Waals surface area (Å²) in [5.74, 6) is 1.45. The SMILES string of the molecule is COc1ccc(CCCN(C)C(=O)Nc2ccc(C)cc2C)cc1OC. The summed E-state index contributed by atoms with van der Waals surface area (Å²) in [4.78, 5) is 14.1. The number of nitrogens with zero attached hydrogens (tertiary/aromatic N) is 1. The van der Waals surface area contributed by atoms with E-state index in [9.17, 15) is 4.79 Å². The molecule has 0 saturated heterocycles. The Labute approximate surface area is 155 Å². The highest BCUT2D eigenvalue weighted by Crippen LogP contribution is 2.28. The Kier molecular flexibility index (Phi) is 6.89. The highest BCUT2D eigenvalue weighted by molar-refractivity contribution is 5.90. The highest BCUT2D eigenvalue weighted by atomic mass is 16.5. The Morgan fingerprint density at radius 3 is 2.42 bits per heavy atom. The van der Waals surface area contributed by atoms with E-state index in [1.165, 1.54) is 5.56 Å². The van der Waals surface area contributed by atoms with Crippen molar-refractivity contribution < 1.29 is 14.3 Å². The first-order valence-corrected chi connectivity index (χ1v) is 8.75. The Morgan fingerprint density at radius 1 is 1.04 bits per heavy atom. The molecule has 26 heavy (non-hydrogen) atoms. The Balaban J connectivity index is 1.86. The fourth-order valence-corrected chi connectivity index (χ4v) is 2.82. The number of hydrogen-bond donors (Lipinski definition) is 1. The van der Waals surface area contributed by atoms with E-state index in [-0.39, 0.29) is 6.03 Å². The van der Waals surface area contributed by atoms with Gasteiger partial charge in [0.15, 0.2) is 11.5 Å². The first kappa shape index (κ1) is 19.6. The Hall–Kier alpha value is -2.69. The van der Waals surface area contributed by atoms with Crippen LogP contribution in [0.5, 0.6) is 11.5 Å². The second-order valence-corrected chi connectivity index (χ2v) is 6.46. The third-order valence-corrected chi connectivity index (χ3v) is 4.38. The molecule has 140 valence electrons. The molecule has 0 saturated carbocycles. The van der Waals surface area contributed by atoms with Crippen LogP contribution in [0.2, 0.25) is 0 Å². The number of carbonyl (C=O) groups excluding carboxylic acids is 1. The standard InChI is InChI=1S/C21H28N2O3/c1-15-8-10-18(16(2)13-15)22-21(24)23(3)12-6-7-17-9-11-19(25-4)20(14-17)26-5/h8-11,13-14H,6-7,12H2,1-5H3,(H,22,24). The molecule has 2 aromatic carbocycles. The maximum absolute atomic E-state index is 12.4. The van der Waals surface area contributed by atoms with Gasteiger partial charge in [-0.1, -0.05) is 23.8 Å². The average Bonchev–Trinajstić information content (AvgIpc) is 2.63. The second-order valence-electron chi connectivity index (χ2n) is 6.46. The molecular formula is C21H28N2O3. The van der Waals surface area contributed by atoms with Gasteiger partial charge in [-0.15, -0.1) is 0 Å². The van der Waals surface area contributed by atoms with Crippen molar-refractivity contribution in [1.29, 1.82) is 0 Å². The van der Waals surface area contributed by atoms with Gasteiger partial charge in [-0.05, 0) is 56.0 Å². The number of hydrogen-bond acceptors (Lipinski definition) is 3. The molecule has 0 heterocycles. The van der Waals surface area contributed by atoms with Crippen LogP contribution in [0.1, 0.15) is 23.1 Å². The molecule has 2 rings (SSSR count). The highest BCUT2D eigenvalue weighted by Gasteiger charge is 2.10. The van der Waals surface area contributed by atoms with Gasteiger partial charge < -0.3 is 19.7 Å². The van der Waals surface area contributed by atoms with Crippen LogP contribution in [-0.4, -0.2) is 38.7 Å². The molecule has 2 aromatic rings. The maximum atomic E-state index is 12.4. The predicted molar refractivity (Wildman–Crippen MR) is 105 cm³/mol. The number of aryl methyl sites for hydroxylation is 3. The van der Waals surface area contributed by atoms with Gasteiger partial charge in [0, 0.05) is 19.3 Å². The van der Waals surface area contributed by atoms with Gasteiger partial charge in [0.1, 0.15) is 0 Å². The Morgan fingerprint density at radius 2 is 1.77 bits per heavy atom. The van der Waals surface area contributed by atoms with Crippen LogP contribution in [0.3, 0.4) is 0 Å². The van der Waals surface area contributed by atoms with Crippen molar-refractivity contribution in [2.75, 3.05) is 33.1 Å². The number of nitrogens with one attached hydrogen (secondary N) is 1. The maximum Gasteiger partial charge on any atom is 0.321 e. The van der Waals surface area contributed by atoms with E-state index in [0.717, 1.165) is 41.2 Å². The van der Waals surface area contributed by atoms with Crippen LogP contribution >= 0.6 is 0 Å². The number of amides is 2. The monoisotopic (exact) mass is 356 g/mol. The van der Waals surface area contributed by atoms with Gasteiger partial charge in [0.2, 0.25) is 0 Å². The molecule has 0 spiro atoms. The number of methoxy groups -OCH3 is 2. The largest absolute Gasteiger partial charge is 0.493 e. The van der Waals surface area contributed by atoms with E-state index in [1.54, 1.807) is 19.1 Å². The van der Waals surface area contributed by atoms with E-state index < -0.39 is 0 Å². The van der Waals surface area contributed by atoms with Crippen LogP contribution in [-0.2, 0) is 6.42 Å². The molecule has 0 aliphatic heterocycles. The van der Waals surface area contributed by atoms with Gasteiger partial charge in [0.25, 0.3) is 0 Å². The van der Waals surface area contributed by atoms with Crippen molar-refractivity contribution in [1.82, 2.24) is 4.90 Å². The lowest BCUT2D eigenvalue weighted by Gasteiger charge is -2.19. The fraction of sp³-hybridized carbons (Fsp3) is 0.381. The minimum atomic E-state index is -0.0933. The van der Waals surface area contributed by atoms with E-state index in [2.05, 4.69) is 11.4 Å². The molecule has 0 unspecified atom stereocenters. The molecule has 0 aliphatic rings. The number of urea groups is 1. The lowest BCUT2D eigenvalue weighted by Crippen LogP contribution is -2.32. The molecule has 0 aromatic heterocycles. The summed E-state index contributed by atoms with van der Waals surface area (Å²) >= 11 is 0. The Bertz CT molecular complexity index is 759. The number of ether oxygens (including phenoxy) is 2. The van der Waals surface area contributed by atoms with Gasteiger partial charge in [-0.3, -0.25) is 0 Å². The summed E-state index contributed by atoms with van der Waals surface area (Å²) < 4.78 is 10.6. The molecule has 0 fully saturated rings. The molecule has 0 bridgehead atoms. The number of anilines is 1. The first-order valence-electron chi connectivity index (χ1n) is 8.75. The van der Waals surface area contributed by atoms with Gasteiger partial charge in [0.05, 0.1) is 14.2 Å². The smallest absolute Gasteiger partial charge is 0.321 e. The number of benzene rings is 2. The molecule has 0 aliphatic carbocycles. The summed E-state index contributed by atoms with van der Waals surface area (Å²) in [6.45, 7) is 4.71. The third-order valence-electron chi connectivity index (χ3n) is 4.38. The minimum Gasteiger partial charge on any atom is -0.493 e. The number of carbonyl (C=O) groups is 1. The molecule has 1 N–H and O–H groups in total. The van der Waals surface area contributed by atoms with Crippen molar-refractivity contribution in [3.05, 3.63) is 53.1 Å². The zero-order valence-electron chi connectivity index (χ0n) is 16.3. The summed E-state index contributed by atoms with van der Waals surface area (Å²) in [7, 11) is 5.07. The van der Waals surface area contributed by atoms with Crippen LogP contribution in [0, 0.1) is 13.8 Å². The summed E-state index contributed by atoms with van der Waals surface area (Å²) in [5, 5.41) is 2.97. The van der Waals surface area contributed by atoms with Crippen molar-refractivity contribution >= 4 is 11.7 Å². The van der Waals surface area contributed by atoms with E-state index in [0.29, 0.717) is 6.54 Å². The molecule has 5 nitrogen and oxygen atoms in total. The molecular weight excluding hydrogens is 328 g/mol. The topological polar surface area (TPSA) is 50.8 Å². The zero-order chi connectivity index (χ0) is 19.1. The lowest BCUT2D eigenvalue weighted by atomic mass is 10.1. The normalized spacial score (nSPS) is 10.3. The van der Waals surface area contributed by atoms with Crippen LogP contribution in [0.15, 0.2) is 36.4 Å². The van der Waals surface area contributed by atoms with Gasteiger partial charge >= 0.3 is 6.03 Å². The van der Waals surface area contributed by atoms with Crippen molar-refractivity contribution in [2.45, 2.75) is 26.7 Å². The first-order chi connectivity index (χ1) is 12.4. The minimum absolute atomic E-state index is 0.0933. The second kappa shape index (κ2) is 9.13. The number of rotatable bonds is 7. The van der Waals surface area contributed by atoms with Crippen LogP contribution in [0.4, 0.5) is 10.5 Å². The molecule has 0 atom stereocenters. The molecule has 2 amide bonds. The van der Waals surface area contributed by atoms with Crippen LogP contribution < -0.4 is 14.8 Å². The predicted octanol–water partition coefficient (Wildman–Crippen LogP) is 4.42. The van der Waals surface area contributed by atoms with Gasteiger partial charge in [-0.25, -0.2) is 4.79 Å². The summed E-state index contributed by atoms with van der Waals surface area (Å²) in [5.41, 5.74) is 4.26. The summed E-state index contributed by atoms with van der Waals surface area (Å²) in [6.07, 6.45) is 1.73. The van der Waals surface area contributed by atoms with E-state index in [4.69, 9.17) is 9.47 Å². The van der Waals surface area contributed by atoms with Gasteiger partial charge in [-0.2, -0.15) is 0 Å². The zero-order valence-corrected chi connectivity index (χ0v) is 16.3. The third kappa shape index (κ3) is 5.15. The average molecular weight is 356 g/mol. The van der Waals surface area contributed by atoms with E-state index in [1.807, 2.05) is 51.2 Å². The fourth-order valence-electron chi connectivity index (χ4n) is 2.82. The molecule has 5 heteroatoms.